The van der Waals surface area contributed by atoms with Gasteiger partial charge in [0.2, 0.25) is 0 Å². The second-order valence-electron chi connectivity index (χ2n) is 23.8. The monoisotopic (exact) mass is 1080 g/mol. The zero-order valence-electron chi connectivity index (χ0n) is 48.8. The average molecular weight is 1080 g/mol. The molecule has 0 aliphatic heterocycles. The Morgan fingerprint density at radius 1 is 0.301 bits per heavy atom. The van der Waals surface area contributed by atoms with Crippen LogP contribution in [-0.4, -0.2) is 19.9 Å². The first kappa shape index (κ1) is 53.7. The van der Waals surface area contributed by atoms with Crippen molar-refractivity contribution in [2.24, 2.45) is 0 Å². The minimum Gasteiger partial charge on any atom is -0.254 e. The topological polar surface area (TPSA) is 51.6 Å². The van der Waals surface area contributed by atoms with Gasteiger partial charge in [-0.2, -0.15) is 0 Å². The molecule has 8 aromatic carbocycles. The highest BCUT2D eigenvalue weighted by Crippen LogP contribution is 2.55. The molecule has 0 unspecified atom stereocenters. The second kappa shape index (κ2) is 23.7. The summed E-state index contributed by atoms with van der Waals surface area (Å²) in [5, 5.41) is 4.38. The summed E-state index contributed by atoms with van der Waals surface area (Å²) in [6.45, 7) is 9.10. The number of fused-ring (bicyclic) bond motifs is 9. The van der Waals surface area contributed by atoms with Crippen LogP contribution >= 0.6 is 0 Å². The van der Waals surface area contributed by atoms with Gasteiger partial charge in [0, 0.05) is 50.5 Å². The molecule has 4 nitrogen and oxygen atoms in total. The van der Waals surface area contributed by atoms with Gasteiger partial charge in [-0.15, -0.1) is 0 Å². The fourth-order valence-corrected chi connectivity index (χ4v) is 13.6. The summed E-state index contributed by atoms with van der Waals surface area (Å²) in [6, 6.07) is 72.4. The first-order valence-corrected chi connectivity index (χ1v) is 30.9. The van der Waals surface area contributed by atoms with Crippen LogP contribution in [0, 0.1) is 13.8 Å². The summed E-state index contributed by atoms with van der Waals surface area (Å²) in [5.74, 6) is 0. The van der Waals surface area contributed by atoms with Crippen molar-refractivity contribution in [2.75, 3.05) is 0 Å². The number of unbranched alkanes of at least 4 members (excludes halogenated alkanes) is 10. The van der Waals surface area contributed by atoms with Crippen LogP contribution in [0.2, 0.25) is 0 Å². The number of pyridine rings is 4. The fourth-order valence-electron chi connectivity index (χ4n) is 13.6. The van der Waals surface area contributed by atoms with Crippen molar-refractivity contribution in [3.8, 4) is 78.1 Å². The highest BCUT2D eigenvalue weighted by Gasteiger charge is 2.42. The molecular formula is C79H74N4. The third-order valence-corrected chi connectivity index (χ3v) is 18.0. The lowest BCUT2D eigenvalue weighted by Gasteiger charge is -2.33. The summed E-state index contributed by atoms with van der Waals surface area (Å²) in [5.41, 5.74) is 25.8. The summed E-state index contributed by atoms with van der Waals surface area (Å²) >= 11 is 0. The average Bonchev–Trinajstić information content (AvgIpc) is 2.28. The van der Waals surface area contributed by atoms with E-state index in [9.17, 15) is 0 Å². The molecule has 4 heteroatoms. The number of nitrogens with zero attached hydrogens (tertiary/aromatic N) is 4. The lowest BCUT2D eigenvalue weighted by Crippen LogP contribution is -2.25. The lowest BCUT2D eigenvalue weighted by atomic mass is 9.70. The molecule has 0 spiro atoms. The molecule has 12 aromatic rings. The molecule has 410 valence electrons. The van der Waals surface area contributed by atoms with Gasteiger partial charge in [0.05, 0.1) is 33.5 Å². The van der Waals surface area contributed by atoms with Gasteiger partial charge in [-0.05, 0) is 160 Å². The van der Waals surface area contributed by atoms with Crippen molar-refractivity contribution in [3.05, 3.63) is 229 Å². The van der Waals surface area contributed by atoms with Crippen LogP contribution in [0.5, 0.6) is 0 Å². The van der Waals surface area contributed by atoms with E-state index in [4.69, 9.17) is 19.9 Å². The van der Waals surface area contributed by atoms with E-state index in [-0.39, 0.29) is 5.41 Å². The van der Waals surface area contributed by atoms with Gasteiger partial charge in [0.1, 0.15) is 0 Å². The Bertz CT molecular complexity index is 4310. The van der Waals surface area contributed by atoms with Gasteiger partial charge in [-0.1, -0.05) is 230 Å². The third-order valence-electron chi connectivity index (χ3n) is 18.0. The van der Waals surface area contributed by atoms with Crippen LogP contribution < -0.4 is 0 Å². The molecule has 0 radical (unpaired) electrons. The van der Waals surface area contributed by atoms with Gasteiger partial charge in [-0.3, -0.25) is 9.97 Å². The number of benzene rings is 8. The van der Waals surface area contributed by atoms with Crippen molar-refractivity contribution in [1.82, 2.24) is 19.9 Å². The van der Waals surface area contributed by atoms with Crippen LogP contribution in [0.1, 0.15) is 126 Å². The van der Waals surface area contributed by atoms with Crippen molar-refractivity contribution in [3.63, 3.8) is 0 Å². The minimum absolute atomic E-state index is 0.0167. The second-order valence-corrected chi connectivity index (χ2v) is 23.8. The van der Waals surface area contributed by atoms with E-state index in [0.29, 0.717) is 0 Å². The first-order valence-electron chi connectivity index (χ1n) is 30.9. The highest BCUT2D eigenvalue weighted by molar-refractivity contribution is 6.04. The Morgan fingerprint density at radius 3 is 1.22 bits per heavy atom. The molecule has 4 aromatic heterocycles. The summed E-state index contributed by atoms with van der Waals surface area (Å²) in [6.07, 6.45) is 21.7. The molecule has 1 aliphatic rings. The molecule has 0 amide bonds. The summed E-state index contributed by atoms with van der Waals surface area (Å²) < 4.78 is 0. The number of rotatable bonds is 20. The first-order chi connectivity index (χ1) is 40.8. The zero-order valence-corrected chi connectivity index (χ0v) is 48.8. The normalized spacial score (nSPS) is 12.6. The molecule has 0 N–H and O–H groups in total. The predicted molar refractivity (Wildman–Crippen MR) is 352 cm³/mol. The smallest absolute Gasteiger partial charge is 0.0972 e. The van der Waals surface area contributed by atoms with E-state index in [1.807, 2.05) is 24.5 Å². The molecule has 0 fully saturated rings. The molecule has 0 bridgehead atoms. The van der Waals surface area contributed by atoms with E-state index in [1.165, 1.54) is 162 Å². The van der Waals surface area contributed by atoms with Crippen molar-refractivity contribution < 1.29 is 0 Å². The number of aryl methyl sites for hydroxylation is 2. The standard InChI is InChI=1S/C79H74N4/c1-5-7-9-11-13-15-41-79(42-16-14-12-10-8-6-2)71-47-53(3)21-37-69(71)70-38-34-63(52-72(70)79)66-48-65(50-68(51-66)74-40-36-62-33-31-60-20-18-44-81-76(60)78(62)83-74)58-28-24-56(25-29-58)55-22-26-57(27-23-55)64-45-54(4)46-67(49-64)73-39-35-61-32-30-59-19-17-43-80-75(59)77(61)82-73/h17-40,43-52H,5-16,41-42H2,1-4H3. The van der Waals surface area contributed by atoms with Crippen LogP contribution in [0.15, 0.2) is 207 Å². The fraction of sp³-hybridized carbons (Fsp3) is 0.241. The predicted octanol–water partition coefficient (Wildman–Crippen LogP) is 22.3. The summed E-state index contributed by atoms with van der Waals surface area (Å²) in [7, 11) is 0. The molecule has 0 atom stereocenters. The Labute approximate surface area is 490 Å². The molecule has 0 saturated carbocycles. The maximum atomic E-state index is 5.44. The molecular weight excluding hydrogens is 1000 g/mol. The van der Waals surface area contributed by atoms with E-state index >= 15 is 0 Å². The SMILES string of the molecule is CCCCCCCCC1(CCCCCCCC)c2cc(C)ccc2-c2ccc(-c3cc(-c4ccc(-c5ccc(-c6cc(C)cc(-c7ccc8ccc9cccnc9c8n7)c6)cc5)cc4)cc(-c4ccc5ccc6cccnc6c5n4)c3)cc21. The van der Waals surface area contributed by atoms with Crippen LogP contribution in [0.25, 0.3) is 122 Å². The van der Waals surface area contributed by atoms with Crippen molar-refractivity contribution >= 4 is 43.6 Å². The quantitative estimate of drug-likeness (QED) is 0.0564. The number of hydrogen-bond acceptors (Lipinski definition) is 4. The van der Waals surface area contributed by atoms with Crippen molar-refractivity contribution in [1.29, 1.82) is 0 Å². The minimum atomic E-state index is -0.0167. The number of aromatic nitrogens is 4. The molecule has 4 heterocycles. The zero-order chi connectivity index (χ0) is 56.3. The van der Waals surface area contributed by atoms with Gasteiger partial charge in [0.15, 0.2) is 0 Å². The van der Waals surface area contributed by atoms with Crippen LogP contribution in [0.3, 0.4) is 0 Å². The molecule has 1 aliphatic carbocycles. The maximum absolute atomic E-state index is 5.44. The van der Waals surface area contributed by atoms with Gasteiger partial charge in [0.25, 0.3) is 0 Å². The Balaban J connectivity index is 0.855. The van der Waals surface area contributed by atoms with Gasteiger partial charge >= 0.3 is 0 Å². The van der Waals surface area contributed by atoms with Gasteiger partial charge < -0.3 is 0 Å². The van der Waals surface area contributed by atoms with Gasteiger partial charge in [-0.25, -0.2) is 9.97 Å². The Morgan fingerprint density at radius 2 is 0.687 bits per heavy atom. The molecule has 0 saturated heterocycles. The van der Waals surface area contributed by atoms with E-state index in [1.54, 1.807) is 5.56 Å². The largest absolute Gasteiger partial charge is 0.254 e. The highest BCUT2D eigenvalue weighted by atomic mass is 14.8. The van der Waals surface area contributed by atoms with Crippen LogP contribution in [0.4, 0.5) is 0 Å². The lowest BCUT2D eigenvalue weighted by molar-refractivity contribution is 0.398. The number of hydrogen-bond donors (Lipinski definition) is 0. The third kappa shape index (κ3) is 10.9. The maximum Gasteiger partial charge on any atom is 0.0972 e. The van der Waals surface area contributed by atoms with Crippen LogP contribution in [-0.2, 0) is 5.41 Å². The molecule has 13 rings (SSSR count). The van der Waals surface area contributed by atoms with E-state index in [0.717, 1.165) is 66.1 Å². The Kier molecular flexibility index (Phi) is 15.3. The summed E-state index contributed by atoms with van der Waals surface area (Å²) in [4.78, 5) is 20.2. The molecule has 83 heavy (non-hydrogen) atoms. The van der Waals surface area contributed by atoms with Crippen molar-refractivity contribution in [2.45, 2.75) is 123 Å². The Hall–Kier alpha value is -8.60. The van der Waals surface area contributed by atoms with E-state index < -0.39 is 0 Å². The van der Waals surface area contributed by atoms with E-state index in [2.05, 4.69) is 210 Å².